The number of aryl methyl sites for hydroxylation is 1. The van der Waals surface area contributed by atoms with Gasteiger partial charge in [0.2, 0.25) is 0 Å². The molecule has 0 unspecified atom stereocenters. The summed E-state index contributed by atoms with van der Waals surface area (Å²) in [7, 11) is 0. The fourth-order valence-corrected chi connectivity index (χ4v) is 1.63. The van der Waals surface area contributed by atoms with Crippen LogP contribution in [-0.4, -0.2) is 5.78 Å². The lowest BCUT2D eigenvalue weighted by Crippen LogP contribution is -2.03. The van der Waals surface area contributed by atoms with Crippen LogP contribution in [0.15, 0.2) is 6.07 Å². The SMILES string of the molecule is CC(=O)Cc1c(C)c(C)cc(F)c1Cl. The lowest BCUT2D eigenvalue weighted by molar-refractivity contribution is -0.116. The molecule has 1 rings (SSSR count). The van der Waals surface area contributed by atoms with E-state index in [1.807, 2.05) is 6.92 Å². The van der Waals surface area contributed by atoms with Crippen LogP contribution in [-0.2, 0) is 11.2 Å². The third-order valence-electron chi connectivity index (χ3n) is 2.29. The lowest BCUT2D eigenvalue weighted by atomic mass is 9.99. The largest absolute Gasteiger partial charge is 0.300 e. The van der Waals surface area contributed by atoms with Gasteiger partial charge in [0.25, 0.3) is 0 Å². The number of hydrogen-bond acceptors (Lipinski definition) is 1. The van der Waals surface area contributed by atoms with Gasteiger partial charge >= 0.3 is 0 Å². The molecule has 0 bridgehead atoms. The first-order chi connectivity index (χ1) is 6.43. The van der Waals surface area contributed by atoms with Gasteiger partial charge in [-0.2, -0.15) is 0 Å². The number of ketones is 1. The predicted octanol–water partition coefficient (Wildman–Crippen LogP) is 3.23. The van der Waals surface area contributed by atoms with E-state index in [-0.39, 0.29) is 17.2 Å². The van der Waals surface area contributed by atoms with E-state index in [0.717, 1.165) is 11.1 Å². The van der Waals surface area contributed by atoms with Crippen molar-refractivity contribution < 1.29 is 9.18 Å². The number of halogens is 2. The molecule has 0 aromatic heterocycles. The second-order valence-electron chi connectivity index (χ2n) is 3.47. The molecule has 0 radical (unpaired) electrons. The molecule has 0 saturated heterocycles. The lowest BCUT2D eigenvalue weighted by Gasteiger charge is -2.10. The molecule has 0 aliphatic heterocycles. The van der Waals surface area contributed by atoms with Gasteiger partial charge in [0, 0.05) is 6.42 Å². The van der Waals surface area contributed by atoms with Gasteiger partial charge in [-0.25, -0.2) is 4.39 Å². The number of rotatable bonds is 2. The summed E-state index contributed by atoms with van der Waals surface area (Å²) < 4.78 is 13.2. The van der Waals surface area contributed by atoms with Crippen LogP contribution >= 0.6 is 11.6 Å². The van der Waals surface area contributed by atoms with Crippen molar-refractivity contribution in [3.63, 3.8) is 0 Å². The van der Waals surface area contributed by atoms with Gasteiger partial charge in [-0.05, 0) is 43.5 Å². The molecule has 3 heteroatoms. The summed E-state index contributed by atoms with van der Waals surface area (Å²) in [5.74, 6) is -0.467. The van der Waals surface area contributed by atoms with Crippen molar-refractivity contribution in [1.29, 1.82) is 0 Å². The van der Waals surface area contributed by atoms with Crippen LogP contribution in [0, 0.1) is 19.7 Å². The first-order valence-electron chi connectivity index (χ1n) is 4.37. The minimum atomic E-state index is -0.453. The Morgan fingerprint density at radius 1 is 1.50 bits per heavy atom. The number of hydrogen-bond donors (Lipinski definition) is 0. The number of carbonyl (C=O) groups is 1. The molecule has 76 valence electrons. The molecule has 0 fully saturated rings. The van der Waals surface area contributed by atoms with Crippen LogP contribution < -0.4 is 0 Å². The van der Waals surface area contributed by atoms with Crippen molar-refractivity contribution in [3.8, 4) is 0 Å². The highest BCUT2D eigenvalue weighted by molar-refractivity contribution is 6.31. The molecule has 0 N–H and O–H groups in total. The van der Waals surface area contributed by atoms with E-state index in [0.29, 0.717) is 5.56 Å². The topological polar surface area (TPSA) is 17.1 Å². The quantitative estimate of drug-likeness (QED) is 0.739. The monoisotopic (exact) mass is 214 g/mol. The summed E-state index contributed by atoms with van der Waals surface area (Å²) in [5.41, 5.74) is 2.33. The van der Waals surface area contributed by atoms with Crippen LogP contribution in [0.25, 0.3) is 0 Å². The molecule has 14 heavy (non-hydrogen) atoms. The van der Waals surface area contributed by atoms with Crippen LogP contribution in [0.3, 0.4) is 0 Å². The Labute approximate surface area is 87.9 Å². The average molecular weight is 215 g/mol. The smallest absolute Gasteiger partial charge is 0.142 e. The molecule has 0 amide bonds. The molecular formula is C11H12ClFO. The van der Waals surface area contributed by atoms with Crippen LogP contribution in [0.5, 0.6) is 0 Å². The molecule has 0 heterocycles. The molecule has 0 saturated carbocycles. The van der Waals surface area contributed by atoms with E-state index in [1.165, 1.54) is 13.0 Å². The molecular weight excluding hydrogens is 203 g/mol. The van der Waals surface area contributed by atoms with Gasteiger partial charge in [0.1, 0.15) is 11.6 Å². The average Bonchev–Trinajstić information content (AvgIpc) is 2.09. The second kappa shape index (κ2) is 4.09. The van der Waals surface area contributed by atoms with Gasteiger partial charge < -0.3 is 0 Å². The van der Waals surface area contributed by atoms with E-state index < -0.39 is 5.82 Å². The number of Topliss-reactive ketones (excluding diaryl/α,β-unsaturated/α-hetero) is 1. The Morgan fingerprint density at radius 2 is 2.07 bits per heavy atom. The van der Waals surface area contributed by atoms with Gasteiger partial charge in [-0.1, -0.05) is 11.6 Å². The number of benzene rings is 1. The standard InChI is InChI=1S/C11H12ClFO/c1-6-4-10(13)11(12)9(8(6)3)5-7(2)14/h4H,5H2,1-3H3. The number of carbonyl (C=O) groups excluding carboxylic acids is 1. The molecule has 1 aromatic carbocycles. The van der Waals surface area contributed by atoms with Crippen molar-refractivity contribution in [3.05, 3.63) is 33.6 Å². The highest BCUT2D eigenvalue weighted by Crippen LogP contribution is 2.26. The van der Waals surface area contributed by atoms with E-state index in [2.05, 4.69) is 0 Å². The maximum Gasteiger partial charge on any atom is 0.142 e. The molecule has 0 atom stereocenters. The van der Waals surface area contributed by atoms with E-state index >= 15 is 0 Å². The minimum Gasteiger partial charge on any atom is -0.300 e. The normalized spacial score (nSPS) is 10.4. The second-order valence-corrected chi connectivity index (χ2v) is 3.85. The summed E-state index contributed by atoms with van der Waals surface area (Å²) in [5, 5.41) is 0.0725. The summed E-state index contributed by atoms with van der Waals surface area (Å²) in [6.45, 7) is 5.12. The molecule has 0 aliphatic rings. The van der Waals surface area contributed by atoms with Gasteiger partial charge in [0.15, 0.2) is 0 Å². The Morgan fingerprint density at radius 3 is 2.57 bits per heavy atom. The zero-order valence-electron chi connectivity index (χ0n) is 8.45. The molecule has 0 spiro atoms. The Bertz CT molecular complexity index is 359. The first kappa shape index (κ1) is 11.2. The third-order valence-corrected chi connectivity index (χ3v) is 2.70. The molecule has 0 aliphatic carbocycles. The highest BCUT2D eigenvalue weighted by atomic mass is 35.5. The van der Waals surface area contributed by atoms with Crippen LogP contribution in [0.2, 0.25) is 5.02 Å². The minimum absolute atomic E-state index is 0.0139. The van der Waals surface area contributed by atoms with Gasteiger partial charge in [0.05, 0.1) is 5.02 Å². The van der Waals surface area contributed by atoms with Crippen molar-refractivity contribution in [2.24, 2.45) is 0 Å². The Balaban J connectivity index is 3.31. The third kappa shape index (κ3) is 2.13. The Kier molecular flexibility index (Phi) is 3.27. The van der Waals surface area contributed by atoms with E-state index in [1.54, 1.807) is 6.92 Å². The maximum absolute atomic E-state index is 13.2. The van der Waals surface area contributed by atoms with Crippen molar-refractivity contribution >= 4 is 17.4 Å². The van der Waals surface area contributed by atoms with E-state index in [4.69, 9.17) is 11.6 Å². The van der Waals surface area contributed by atoms with Crippen LogP contribution in [0.4, 0.5) is 4.39 Å². The van der Waals surface area contributed by atoms with Crippen LogP contribution in [0.1, 0.15) is 23.6 Å². The predicted molar refractivity (Wildman–Crippen MR) is 55.3 cm³/mol. The fraction of sp³-hybridized carbons (Fsp3) is 0.364. The highest BCUT2D eigenvalue weighted by Gasteiger charge is 2.13. The Hall–Kier alpha value is -0.890. The van der Waals surface area contributed by atoms with Crippen molar-refractivity contribution in [2.45, 2.75) is 27.2 Å². The van der Waals surface area contributed by atoms with Crippen molar-refractivity contribution in [2.75, 3.05) is 0 Å². The van der Waals surface area contributed by atoms with Crippen molar-refractivity contribution in [1.82, 2.24) is 0 Å². The summed E-state index contributed by atoms with van der Waals surface area (Å²) >= 11 is 5.79. The molecule has 1 nitrogen and oxygen atoms in total. The van der Waals surface area contributed by atoms with Gasteiger partial charge in [-0.3, -0.25) is 4.79 Å². The fourth-order valence-electron chi connectivity index (χ4n) is 1.37. The first-order valence-corrected chi connectivity index (χ1v) is 4.74. The zero-order chi connectivity index (χ0) is 10.9. The van der Waals surface area contributed by atoms with Gasteiger partial charge in [-0.15, -0.1) is 0 Å². The molecule has 1 aromatic rings. The summed E-state index contributed by atoms with van der Waals surface area (Å²) in [6.07, 6.45) is 0.198. The summed E-state index contributed by atoms with van der Waals surface area (Å²) in [6, 6.07) is 1.39. The summed E-state index contributed by atoms with van der Waals surface area (Å²) in [4.78, 5) is 11.0. The maximum atomic E-state index is 13.2. The zero-order valence-corrected chi connectivity index (χ0v) is 9.20. The van der Waals surface area contributed by atoms with E-state index in [9.17, 15) is 9.18 Å².